The normalized spacial score (nSPS) is 19.8. The molecule has 0 saturated carbocycles. The van der Waals surface area contributed by atoms with E-state index < -0.39 is 17.2 Å². The van der Waals surface area contributed by atoms with Crippen molar-refractivity contribution in [3.63, 3.8) is 0 Å². The van der Waals surface area contributed by atoms with Gasteiger partial charge in [0.2, 0.25) is 11.6 Å². The van der Waals surface area contributed by atoms with Gasteiger partial charge in [0.15, 0.2) is 5.78 Å². The molecule has 0 amide bonds. The minimum atomic E-state index is -0.640. The lowest BCUT2D eigenvalue weighted by Gasteiger charge is -2.29. The van der Waals surface area contributed by atoms with Gasteiger partial charge < -0.3 is 4.74 Å². The molecule has 1 aromatic rings. The lowest BCUT2D eigenvalue weighted by atomic mass is 9.84. The van der Waals surface area contributed by atoms with Gasteiger partial charge in [-0.05, 0) is 32.1 Å². The molecule has 1 aromatic carbocycles. The number of ketones is 3. The topological polar surface area (TPSA) is 60.4 Å². The largest absolute Gasteiger partial charge is 0.483 e. The van der Waals surface area contributed by atoms with Crippen LogP contribution in [0.5, 0.6) is 5.75 Å². The van der Waals surface area contributed by atoms with E-state index in [4.69, 9.17) is 4.74 Å². The number of carbonyl (C=O) groups excluding carboxylic acids is 3. The predicted molar refractivity (Wildman–Crippen MR) is 68.5 cm³/mol. The Kier molecular flexibility index (Phi) is 2.26. The molecule has 0 unspecified atom stereocenters. The quantitative estimate of drug-likeness (QED) is 0.527. The van der Waals surface area contributed by atoms with Crippen molar-refractivity contribution in [2.24, 2.45) is 0 Å². The number of rotatable bonds is 0. The molecule has 4 heteroatoms. The molecule has 96 valence electrons. The number of ether oxygens (including phenoxy) is 1. The van der Waals surface area contributed by atoms with E-state index in [1.807, 2.05) is 19.9 Å². The second kappa shape index (κ2) is 3.63. The van der Waals surface area contributed by atoms with Gasteiger partial charge >= 0.3 is 0 Å². The molecule has 1 aliphatic heterocycles. The summed E-state index contributed by atoms with van der Waals surface area (Å²) in [6.45, 7) is 3.81. The molecule has 0 aromatic heterocycles. The summed E-state index contributed by atoms with van der Waals surface area (Å²) in [5.74, 6) is -0.972. The molecule has 0 N–H and O–H groups in total. The van der Waals surface area contributed by atoms with Crippen LogP contribution in [0.15, 0.2) is 18.2 Å². The van der Waals surface area contributed by atoms with E-state index in [0.717, 1.165) is 0 Å². The minimum Gasteiger partial charge on any atom is -0.483 e. The summed E-state index contributed by atoms with van der Waals surface area (Å²) < 4.78 is 5.76. The molecule has 0 bridgehead atoms. The molecular weight excluding hydrogens is 244 g/mol. The van der Waals surface area contributed by atoms with Crippen LogP contribution in [-0.2, 0) is 4.79 Å². The molecule has 19 heavy (non-hydrogen) atoms. The van der Waals surface area contributed by atoms with Gasteiger partial charge in [0.1, 0.15) is 11.4 Å². The highest BCUT2D eigenvalue weighted by Gasteiger charge is 2.35. The Morgan fingerprint density at radius 2 is 1.84 bits per heavy atom. The van der Waals surface area contributed by atoms with Gasteiger partial charge in [-0.1, -0.05) is 6.08 Å². The van der Waals surface area contributed by atoms with Crippen molar-refractivity contribution in [1.29, 1.82) is 0 Å². The standard InChI is InChI=1S/C15H12O4/c1-15(2)6-5-8-12(19-15)4-3-9-13(8)10(16)7-11(17)14(9)18/h3-6H,7H2,1-2H3. The summed E-state index contributed by atoms with van der Waals surface area (Å²) >= 11 is 0. The Morgan fingerprint density at radius 3 is 2.58 bits per heavy atom. The maximum atomic E-state index is 12.0. The first kappa shape index (κ1) is 11.8. The van der Waals surface area contributed by atoms with Crippen LogP contribution in [0.3, 0.4) is 0 Å². The fourth-order valence-electron chi connectivity index (χ4n) is 2.41. The van der Waals surface area contributed by atoms with Crippen molar-refractivity contribution in [2.45, 2.75) is 25.9 Å². The second-order valence-electron chi connectivity index (χ2n) is 5.29. The Labute approximate surface area is 110 Å². The first-order valence-electron chi connectivity index (χ1n) is 6.05. The van der Waals surface area contributed by atoms with Crippen molar-refractivity contribution >= 4 is 23.4 Å². The maximum Gasteiger partial charge on any atom is 0.229 e. The molecule has 4 nitrogen and oxygen atoms in total. The minimum absolute atomic E-state index is 0.188. The molecule has 3 rings (SSSR count). The van der Waals surface area contributed by atoms with Crippen LogP contribution in [0, 0.1) is 0 Å². The molecule has 0 fully saturated rings. The van der Waals surface area contributed by atoms with Crippen molar-refractivity contribution in [1.82, 2.24) is 0 Å². The van der Waals surface area contributed by atoms with E-state index in [0.29, 0.717) is 16.9 Å². The zero-order valence-corrected chi connectivity index (χ0v) is 10.6. The second-order valence-corrected chi connectivity index (χ2v) is 5.29. The number of hydrogen-bond donors (Lipinski definition) is 0. The van der Waals surface area contributed by atoms with Crippen LogP contribution < -0.4 is 4.74 Å². The summed E-state index contributed by atoms with van der Waals surface area (Å²) in [6.07, 6.45) is 3.28. The van der Waals surface area contributed by atoms with Crippen LogP contribution in [0.4, 0.5) is 0 Å². The average Bonchev–Trinajstić information content (AvgIpc) is 2.33. The lowest BCUT2D eigenvalue weighted by Crippen LogP contribution is -2.31. The maximum absolute atomic E-state index is 12.0. The molecule has 0 radical (unpaired) electrons. The van der Waals surface area contributed by atoms with Crippen LogP contribution in [0.2, 0.25) is 0 Å². The fourth-order valence-corrected chi connectivity index (χ4v) is 2.41. The van der Waals surface area contributed by atoms with Gasteiger partial charge in [-0.15, -0.1) is 0 Å². The van der Waals surface area contributed by atoms with Gasteiger partial charge in [-0.2, -0.15) is 0 Å². The molecule has 2 aliphatic rings. The Morgan fingerprint density at radius 1 is 1.11 bits per heavy atom. The third-order valence-corrected chi connectivity index (χ3v) is 3.33. The van der Waals surface area contributed by atoms with Crippen molar-refractivity contribution in [3.05, 3.63) is 34.9 Å². The van der Waals surface area contributed by atoms with Gasteiger partial charge in [0, 0.05) is 16.7 Å². The number of carbonyl (C=O) groups is 3. The van der Waals surface area contributed by atoms with Gasteiger partial charge in [0.05, 0.1) is 6.42 Å². The third-order valence-electron chi connectivity index (χ3n) is 3.33. The summed E-state index contributed by atoms with van der Waals surface area (Å²) in [5, 5.41) is 0. The molecule has 1 heterocycles. The van der Waals surface area contributed by atoms with Crippen LogP contribution in [0.25, 0.3) is 6.08 Å². The third kappa shape index (κ3) is 1.71. The SMILES string of the molecule is CC1(C)C=Cc2c(ccc3c2C(=O)CC(=O)C3=O)O1. The van der Waals surface area contributed by atoms with Crippen LogP contribution in [0.1, 0.15) is 46.5 Å². The van der Waals surface area contributed by atoms with E-state index in [1.165, 1.54) is 6.07 Å². The van der Waals surface area contributed by atoms with E-state index in [-0.39, 0.29) is 17.8 Å². The smallest absolute Gasteiger partial charge is 0.229 e. The molecule has 0 saturated heterocycles. The van der Waals surface area contributed by atoms with Gasteiger partial charge in [0.25, 0.3) is 0 Å². The van der Waals surface area contributed by atoms with Gasteiger partial charge in [-0.25, -0.2) is 0 Å². The first-order chi connectivity index (χ1) is 8.89. The first-order valence-corrected chi connectivity index (χ1v) is 6.05. The molecule has 1 aliphatic carbocycles. The number of hydrogen-bond acceptors (Lipinski definition) is 4. The lowest BCUT2D eigenvalue weighted by molar-refractivity contribution is -0.114. The highest BCUT2D eigenvalue weighted by Crippen LogP contribution is 2.36. The number of fused-ring (bicyclic) bond motifs is 3. The van der Waals surface area contributed by atoms with Gasteiger partial charge in [-0.3, -0.25) is 14.4 Å². The van der Waals surface area contributed by atoms with Crippen molar-refractivity contribution in [3.8, 4) is 5.75 Å². The average molecular weight is 256 g/mol. The van der Waals surface area contributed by atoms with E-state index in [2.05, 4.69) is 0 Å². The molecule has 0 atom stereocenters. The zero-order valence-electron chi connectivity index (χ0n) is 10.6. The van der Waals surface area contributed by atoms with Crippen molar-refractivity contribution < 1.29 is 19.1 Å². The monoisotopic (exact) mass is 256 g/mol. The highest BCUT2D eigenvalue weighted by atomic mass is 16.5. The Balaban J connectivity index is 2.25. The summed E-state index contributed by atoms with van der Waals surface area (Å²) in [7, 11) is 0. The number of Topliss-reactive ketones (excluding diaryl/α,β-unsaturated/α-hetero) is 3. The Bertz CT molecular complexity index is 665. The van der Waals surface area contributed by atoms with E-state index >= 15 is 0 Å². The Hall–Kier alpha value is -2.23. The predicted octanol–water partition coefficient (Wildman–Crippen LogP) is 2.21. The van der Waals surface area contributed by atoms with E-state index in [1.54, 1.807) is 12.1 Å². The van der Waals surface area contributed by atoms with Crippen molar-refractivity contribution in [2.75, 3.05) is 0 Å². The van der Waals surface area contributed by atoms with Crippen LogP contribution >= 0.6 is 0 Å². The highest BCUT2D eigenvalue weighted by molar-refractivity contribution is 6.51. The fraction of sp³-hybridized carbons (Fsp3) is 0.267. The van der Waals surface area contributed by atoms with Crippen LogP contribution in [-0.4, -0.2) is 23.0 Å². The van der Waals surface area contributed by atoms with E-state index in [9.17, 15) is 14.4 Å². The molecular formula is C15H12O4. The summed E-state index contributed by atoms with van der Waals surface area (Å²) in [5.41, 5.74) is 0.656. The number of benzene rings is 1. The summed E-state index contributed by atoms with van der Waals surface area (Å²) in [4.78, 5) is 35.2. The molecule has 0 spiro atoms. The summed E-state index contributed by atoms with van der Waals surface area (Å²) in [6, 6.07) is 3.14. The zero-order chi connectivity index (χ0) is 13.8.